The van der Waals surface area contributed by atoms with Gasteiger partial charge >= 0.3 is 0 Å². The molecule has 0 bridgehead atoms. The second-order valence-electron chi connectivity index (χ2n) is 6.05. The van der Waals surface area contributed by atoms with E-state index < -0.39 is 5.91 Å². The van der Waals surface area contributed by atoms with Crippen LogP contribution in [0.25, 0.3) is 0 Å². The standard InChI is InChI=1S/C21H26N2O4S/c1-4-12-27-18-11-8-16(13-19(18)26-5-2)21(25)23-22-20(24)14-28-17-9-6-15(3)7-10-17/h6-11,13H,4-5,12,14H2,1-3H3,(H,22,24)(H,23,25). The predicted molar refractivity (Wildman–Crippen MR) is 111 cm³/mol. The van der Waals surface area contributed by atoms with E-state index in [1.807, 2.05) is 45.0 Å². The van der Waals surface area contributed by atoms with Gasteiger partial charge in [-0.25, -0.2) is 0 Å². The van der Waals surface area contributed by atoms with Crippen molar-refractivity contribution in [1.29, 1.82) is 0 Å². The van der Waals surface area contributed by atoms with Gasteiger partial charge in [0.15, 0.2) is 11.5 Å². The SMILES string of the molecule is CCCOc1ccc(C(=O)NNC(=O)CSc2ccc(C)cc2)cc1OCC. The molecule has 2 rings (SSSR count). The lowest BCUT2D eigenvalue weighted by Gasteiger charge is -2.13. The number of hydrogen-bond acceptors (Lipinski definition) is 5. The Morgan fingerprint density at radius 2 is 1.71 bits per heavy atom. The number of aryl methyl sites for hydroxylation is 1. The van der Waals surface area contributed by atoms with Gasteiger partial charge in [0.2, 0.25) is 5.91 Å². The molecule has 0 saturated heterocycles. The van der Waals surface area contributed by atoms with E-state index in [1.54, 1.807) is 18.2 Å². The molecular formula is C21H26N2O4S. The third kappa shape index (κ3) is 6.81. The molecule has 0 aromatic heterocycles. The first-order chi connectivity index (χ1) is 13.5. The Labute approximate surface area is 170 Å². The normalized spacial score (nSPS) is 10.2. The van der Waals surface area contributed by atoms with Crippen LogP contribution in [-0.2, 0) is 4.79 Å². The second-order valence-corrected chi connectivity index (χ2v) is 7.10. The van der Waals surface area contributed by atoms with Crippen LogP contribution >= 0.6 is 11.8 Å². The minimum absolute atomic E-state index is 0.206. The molecule has 6 nitrogen and oxygen atoms in total. The van der Waals surface area contributed by atoms with E-state index in [9.17, 15) is 9.59 Å². The van der Waals surface area contributed by atoms with Crippen LogP contribution in [0.15, 0.2) is 47.4 Å². The summed E-state index contributed by atoms with van der Waals surface area (Å²) in [6, 6.07) is 12.8. The highest BCUT2D eigenvalue weighted by molar-refractivity contribution is 8.00. The number of benzene rings is 2. The van der Waals surface area contributed by atoms with Crippen LogP contribution in [0.3, 0.4) is 0 Å². The number of ether oxygens (including phenoxy) is 2. The average molecular weight is 403 g/mol. The van der Waals surface area contributed by atoms with E-state index in [1.165, 1.54) is 17.3 Å². The van der Waals surface area contributed by atoms with Crippen molar-refractivity contribution >= 4 is 23.6 Å². The third-order valence-corrected chi connectivity index (χ3v) is 4.69. The Morgan fingerprint density at radius 1 is 0.964 bits per heavy atom. The van der Waals surface area contributed by atoms with E-state index in [0.717, 1.165) is 11.3 Å². The van der Waals surface area contributed by atoms with Gasteiger partial charge in [-0.1, -0.05) is 24.6 Å². The van der Waals surface area contributed by atoms with Gasteiger partial charge < -0.3 is 9.47 Å². The van der Waals surface area contributed by atoms with Gasteiger partial charge in [0.05, 0.1) is 19.0 Å². The quantitative estimate of drug-likeness (QED) is 0.494. The summed E-state index contributed by atoms with van der Waals surface area (Å²) in [6.45, 7) is 6.92. The molecule has 0 fully saturated rings. The van der Waals surface area contributed by atoms with Crippen LogP contribution in [0.5, 0.6) is 11.5 Å². The van der Waals surface area contributed by atoms with Crippen molar-refractivity contribution in [2.75, 3.05) is 19.0 Å². The Morgan fingerprint density at radius 3 is 2.39 bits per heavy atom. The molecule has 0 heterocycles. The number of amides is 2. The number of carbonyl (C=O) groups excluding carboxylic acids is 2. The van der Waals surface area contributed by atoms with Crippen LogP contribution < -0.4 is 20.3 Å². The molecule has 0 radical (unpaired) electrons. The van der Waals surface area contributed by atoms with E-state index in [4.69, 9.17) is 9.47 Å². The zero-order valence-corrected chi connectivity index (χ0v) is 17.2. The Hall–Kier alpha value is -2.67. The van der Waals surface area contributed by atoms with Crippen molar-refractivity contribution in [2.24, 2.45) is 0 Å². The summed E-state index contributed by atoms with van der Waals surface area (Å²) in [5.74, 6) is 0.601. The molecule has 150 valence electrons. The maximum Gasteiger partial charge on any atom is 0.269 e. The number of rotatable bonds is 9. The molecule has 2 N–H and O–H groups in total. The molecule has 2 amide bonds. The maximum atomic E-state index is 12.3. The summed E-state index contributed by atoms with van der Waals surface area (Å²) in [6.07, 6.45) is 0.875. The van der Waals surface area contributed by atoms with Gasteiger partial charge in [-0.05, 0) is 50.6 Å². The van der Waals surface area contributed by atoms with Crippen molar-refractivity contribution < 1.29 is 19.1 Å². The van der Waals surface area contributed by atoms with Gasteiger partial charge in [-0.3, -0.25) is 20.4 Å². The highest BCUT2D eigenvalue weighted by Gasteiger charge is 2.12. The van der Waals surface area contributed by atoms with Crippen molar-refractivity contribution in [3.05, 3.63) is 53.6 Å². The molecule has 0 atom stereocenters. The molecule has 0 saturated carbocycles. The first kappa shape index (κ1) is 21.6. The lowest BCUT2D eigenvalue weighted by atomic mass is 10.2. The lowest BCUT2D eigenvalue weighted by Crippen LogP contribution is -2.42. The van der Waals surface area contributed by atoms with Crippen LogP contribution in [0.1, 0.15) is 36.2 Å². The zero-order chi connectivity index (χ0) is 20.4. The first-order valence-electron chi connectivity index (χ1n) is 9.21. The molecule has 0 aliphatic carbocycles. The van der Waals surface area contributed by atoms with Crippen LogP contribution in [0.2, 0.25) is 0 Å². The van der Waals surface area contributed by atoms with Crippen LogP contribution in [0.4, 0.5) is 0 Å². The summed E-state index contributed by atoms with van der Waals surface area (Å²) >= 11 is 1.40. The molecule has 0 spiro atoms. The van der Waals surface area contributed by atoms with Crippen LogP contribution in [-0.4, -0.2) is 30.8 Å². The third-order valence-electron chi connectivity index (χ3n) is 3.67. The van der Waals surface area contributed by atoms with Gasteiger partial charge in [-0.15, -0.1) is 11.8 Å². The molecule has 0 aliphatic rings. The minimum atomic E-state index is -0.420. The summed E-state index contributed by atoms with van der Waals surface area (Å²) in [4.78, 5) is 25.3. The topological polar surface area (TPSA) is 76.7 Å². The average Bonchev–Trinajstić information content (AvgIpc) is 2.70. The van der Waals surface area contributed by atoms with E-state index in [2.05, 4.69) is 10.9 Å². The Bertz CT molecular complexity index is 793. The number of hydrogen-bond donors (Lipinski definition) is 2. The Kier molecular flexibility index (Phi) is 8.68. The first-order valence-corrected chi connectivity index (χ1v) is 10.2. The maximum absolute atomic E-state index is 12.3. The van der Waals surface area contributed by atoms with Crippen molar-refractivity contribution in [3.63, 3.8) is 0 Å². The van der Waals surface area contributed by atoms with Gasteiger partial charge in [0.1, 0.15) is 0 Å². The van der Waals surface area contributed by atoms with Crippen molar-refractivity contribution in [3.8, 4) is 11.5 Å². The number of carbonyl (C=O) groups is 2. The number of nitrogens with one attached hydrogen (secondary N) is 2. The molecule has 2 aromatic carbocycles. The highest BCUT2D eigenvalue weighted by atomic mass is 32.2. The van der Waals surface area contributed by atoms with E-state index >= 15 is 0 Å². The van der Waals surface area contributed by atoms with Gasteiger partial charge in [0.25, 0.3) is 5.91 Å². The van der Waals surface area contributed by atoms with E-state index in [0.29, 0.717) is 30.3 Å². The molecule has 0 unspecified atom stereocenters. The lowest BCUT2D eigenvalue weighted by molar-refractivity contribution is -0.119. The molecular weight excluding hydrogens is 376 g/mol. The van der Waals surface area contributed by atoms with Gasteiger partial charge in [0, 0.05) is 10.5 Å². The van der Waals surface area contributed by atoms with Crippen molar-refractivity contribution in [2.45, 2.75) is 32.1 Å². The predicted octanol–water partition coefficient (Wildman–Crippen LogP) is 3.74. The molecule has 7 heteroatoms. The smallest absolute Gasteiger partial charge is 0.269 e. The summed E-state index contributed by atoms with van der Waals surface area (Å²) in [5, 5.41) is 0. The largest absolute Gasteiger partial charge is 0.490 e. The Balaban J connectivity index is 1.88. The van der Waals surface area contributed by atoms with E-state index in [-0.39, 0.29) is 11.7 Å². The number of hydrazine groups is 1. The monoisotopic (exact) mass is 402 g/mol. The number of thioether (sulfide) groups is 1. The minimum Gasteiger partial charge on any atom is -0.490 e. The zero-order valence-electron chi connectivity index (χ0n) is 16.4. The van der Waals surface area contributed by atoms with Gasteiger partial charge in [-0.2, -0.15) is 0 Å². The van der Waals surface area contributed by atoms with Crippen molar-refractivity contribution in [1.82, 2.24) is 10.9 Å². The molecule has 28 heavy (non-hydrogen) atoms. The second kappa shape index (κ2) is 11.2. The fourth-order valence-corrected chi connectivity index (χ4v) is 2.97. The van der Waals surface area contributed by atoms with Crippen LogP contribution in [0, 0.1) is 6.92 Å². The summed E-state index contributed by atoms with van der Waals surface area (Å²) < 4.78 is 11.2. The fraction of sp³-hybridized carbons (Fsp3) is 0.333. The molecule has 2 aromatic rings. The highest BCUT2D eigenvalue weighted by Crippen LogP contribution is 2.28. The summed E-state index contributed by atoms with van der Waals surface area (Å²) in [7, 11) is 0. The molecule has 0 aliphatic heterocycles. The summed E-state index contributed by atoms with van der Waals surface area (Å²) in [5.41, 5.74) is 6.40. The fourth-order valence-electron chi connectivity index (χ4n) is 2.27.